The highest BCUT2D eigenvalue weighted by Crippen LogP contribution is 2.49. The first-order valence-corrected chi connectivity index (χ1v) is 20.6. The van der Waals surface area contributed by atoms with Crippen molar-refractivity contribution in [1.29, 1.82) is 0 Å². The number of aromatic nitrogens is 1. The molecule has 0 atom stereocenters. The van der Waals surface area contributed by atoms with Crippen LogP contribution in [0.5, 0.6) is 0 Å². The minimum atomic E-state index is 1.16. The van der Waals surface area contributed by atoms with Gasteiger partial charge in [0.2, 0.25) is 0 Å². The molecule has 0 aliphatic rings. The highest BCUT2D eigenvalue weighted by atomic mass is 15.0. The Morgan fingerprint density at radius 3 is 1.05 bits per heavy atom. The second-order valence-corrected chi connectivity index (χ2v) is 16.4. The lowest BCUT2D eigenvalue weighted by molar-refractivity contribution is 1.18. The van der Waals surface area contributed by atoms with E-state index in [2.05, 4.69) is 205 Å². The summed E-state index contributed by atoms with van der Waals surface area (Å²) in [7, 11) is 0. The summed E-state index contributed by atoms with van der Waals surface area (Å²) in [5.74, 6) is 0. The van der Waals surface area contributed by atoms with Gasteiger partial charge in [0.1, 0.15) is 0 Å². The Hall–Kier alpha value is -7.74. The lowest BCUT2D eigenvalue weighted by Crippen LogP contribution is -1.94. The zero-order chi connectivity index (χ0) is 38.3. The molecule has 0 saturated heterocycles. The average molecular weight is 744 g/mol. The van der Waals surface area contributed by atoms with Crippen LogP contribution in [0.15, 0.2) is 200 Å². The van der Waals surface area contributed by atoms with Crippen LogP contribution in [0.25, 0.3) is 136 Å². The molecule has 1 heterocycles. The fraction of sp³-hybridized carbons (Fsp3) is 0. The molecule has 0 spiro atoms. The van der Waals surface area contributed by atoms with E-state index in [-0.39, 0.29) is 0 Å². The fourth-order valence-electron chi connectivity index (χ4n) is 10.9. The van der Waals surface area contributed by atoms with E-state index in [1.165, 1.54) is 131 Å². The van der Waals surface area contributed by atoms with Gasteiger partial charge in [-0.3, -0.25) is 0 Å². The average Bonchev–Trinajstić information content (AvgIpc) is 3.65. The topological polar surface area (TPSA) is 4.93 Å². The maximum Gasteiger partial charge on any atom is 0.0547 e. The standard InChI is InChI=1S/C58H33N/c1-2-6-34(7-3-1)35-16-22-42(23-17-35)59-51-32-30-45(43-24-18-40-14-12-36-8-4-10-38-20-26-47(43)55(40)53(36)38)49-28-29-50-46(31-33-52(59)58(50)57(49)51)44-25-19-41-15-13-37-9-5-11-39-21-27-48(44)56(41)54(37)39/h1-33H. The van der Waals surface area contributed by atoms with E-state index >= 15 is 0 Å². The minimum Gasteiger partial charge on any atom is -0.309 e. The fourth-order valence-corrected chi connectivity index (χ4v) is 10.9. The zero-order valence-electron chi connectivity index (χ0n) is 32.0. The largest absolute Gasteiger partial charge is 0.309 e. The molecule has 0 unspecified atom stereocenters. The van der Waals surface area contributed by atoms with Crippen LogP contribution >= 0.6 is 0 Å². The first kappa shape index (κ1) is 31.4. The van der Waals surface area contributed by atoms with Crippen LogP contribution in [0.3, 0.4) is 0 Å². The molecule has 0 bridgehead atoms. The summed E-state index contributed by atoms with van der Waals surface area (Å²) in [6, 6.07) is 75.1. The van der Waals surface area contributed by atoms with Crippen molar-refractivity contribution in [3.8, 4) is 39.1 Å². The van der Waals surface area contributed by atoms with Crippen molar-refractivity contribution in [1.82, 2.24) is 4.57 Å². The summed E-state index contributed by atoms with van der Waals surface area (Å²) in [4.78, 5) is 0. The van der Waals surface area contributed by atoms with Crippen LogP contribution in [-0.2, 0) is 0 Å². The van der Waals surface area contributed by atoms with Crippen LogP contribution in [-0.4, -0.2) is 4.57 Å². The van der Waals surface area contributed by atoms with Gasteiger partial charge in [0.15, 0.2) is 0 Å². The van der Waals surface area contributed by atoms with Gasteiger partial charge in [-0.05, 0) is 133 Å². The SMILES string of the molecule is c1ccc(-c2ccc(-n3c4ccc(-c5ccc6ccc7cccc8ccc5c6c78)c5ccc6c(-c7ccc8ccc9cccc%10ccc7c8c9%10)ccc3c6c54)cc2)cc1. The molecule has 270 valence electrons. The summed E-state index contributed by atoms with van der Waals surface area (Å²) in [5, 5.41) is 20.9. The van der Waals surface area contributed by atoms with Gasteiger partial charge in [0.05, 0.1) is 11.0 Å². The predicted molar refractivity (Wildman–Crippen MR) is 253 cm³/mol. The Labute approximate surface area is 339 Å². The number of benzene rings is 13. The smallest absolute Gasteiger partial charge is 0.0547 e. The Bertz CT molecular complexity index is 3730. The number of hydrogen-bond acceptors (Lipinski definition) is 0. The Kier molecular flexibility index (Phi) is 6.08. The number of rotatable bonds is 4. The van der Waals surface area contributed by atoms with Crippen LogP contribution in [0.2, 0.25) is 0 Å². The molecule has 0 N–H and O–H groups in total. The molecule has 0 aliphatic heterocycles. The Balaban J connectivity index is 1.07. The van der Waals surface area contributed by atoms with E-state index in [0.29, 0.717) is 0 Å². The summed E-state index contributed by atoms with van der Waals surface area (Å²) in [5.41, 5.74) is 11.1. The molecule has 1 nitrogen and oxygen atoms in total. The molecule has 13 aromatic carbocycles. The third-order valence-electron chi connectivity index (χ3n) is 13.5. The Morgan fingerprint density at radius 2 is 0.576 bits per heavy atom. The predicted octanol–water partition coefficient (Wildman–Crippen LogP) is 16.2. The van der Waals surface area contributed by atoms with Crippen molar-refractivity contribution >= 4 is 97.2 Å². The van der Waals surface area contributed by atoms with Crippen LogP contribution in [0.1, 0.15) is 0 Å². The normalized spacial score (nSPS) is 12.4. The van der Waals surface area contributed by atoms with Crippen molar-refractivity contribution in [2.75, 3.05) is 0 Å². The molecule has 0 saturated carbocycles. The molecular weight excluding hydrogens is 711 g/mol. The summed E-state index contributed by atoms with van der Waals surface area (Å²) in [6.07, 6.45) is 0. The molecule has 1 aromatic heterocycles. The first-order chi connectivity index (χ1) is 29.3. The number of hydrogen-bond donors (Lipinski definition) is 0. The van der Waals surface area contributed by atoms with E-state index in [1.54, 1.807) is 0 Å². The molecule has 0 aliphatic carbocycles. The van der Waals surface area contributed by atoms with Crippen molar-refractivity contribution in [2.45, 2.75) is 0 Å². The first-order valence-electron chi connectivity index (χ1n) is 20.6. The highest BCUT2D eigenvalue weighted by Gasteiger charge is 2.23. The van der Waals surface area contributed by atoms with Crippen molar-refractivity contribution in [3.63, 3.8) is 0 Å². The lowest BCUT2D eigenvalue weighted by Gasteiger charge is -2.17. The molecule has 1 heteroatoms. The van der Waals surface area contributed by atoms with Crippen molar-refractivity contribution in [3.05, 3.63) is 200 Å². The van der Waals surface area contributed by atoms with E-state index in [1.807, 2.05) is 0 Å². The van der Waals surface area contributed by atoms with E-state index in [4.69, 9.17) is 0 Å². The second-order valence-electron chi connectivity index (χ2n) is 16.4. The van der Waals surface area contributed by atoms with E-state index < -0.39 is 0 Å². The monoisotopic (exact) mass is 743 g/mol. The maximum absolute atomic E-state index is 2.49. The van der Waals surface area contributed by atoms with Gasteiger partial charge in [-0.1, -0.05) is 176 Å². The quantitative estimate of drug-likeness (QED) is 0.158. The third kappa shape index (κ3) is 4.18. The molecule has 14 aromatic rings. The number of nitrogens with zero attached hydrogens (tertiary/aromatic N) is 1. The van der Waals surface area contributed by atoms with Crippen LogP contribution in [0, 0.1) is 0 Å². The highest BCUT2D eigenvalue weighted by molar-refractivity contribution is 6.32. The lowest BCUT2D eigenvalue weighted by atomic mass is 9.86. The molecule has 0 radical (unpaired) electrons. The summed E-state index contributed by atoms with van der Waals surface area (Å²) >= 11 is 0. The van der Waals surface area contributed by atoms with Gasteiger partial charge in [-0.25, -0.2) is 0 Å². The third-order valence-corrected chi connectivity index (χ3v) is 13.5. The van der Waals surface area contributed by atoms with Gasteiger partial charge < -0.3 is 4.57 Å². The van der Waals surface area contributed by atoms with Gasteiger partial charge in [-0.15, -0.1) is 0 Å². The second kappa shape index (κ2) is 11.4. The molecule has 59 heavy (non-hydrogen) atoms. The van der Waals surface area contributed by atoms with E-state index in [9.17, 15) is 0 Å². The zero-order valence-corrected chi connectivity index (χ0v) is 32.0. The molecular formula is C58H33N. The molecule has 0 fully saturated rings. The molecule has 0 amide bonds. The van der Waals surface area contributed by atoms with Gasteiger partial charge in [-0.2, -0.15) is 0 Å². The van der Waals surface area contributed by atoms with Gasteiger partial charge in [0.25, 0.3) is 0 Å². The maximum atomic E-state index is 2.49. The van der Waals surface area contributed by atoms with Crippen molar-refractivity contribution in [2.24, 2.45) is 0 Å². The summed E-state index contributed by atoms with van der Waals surface area (Å²) in [6.45, 7) is 0. The minimum absolute atomic E-state index is 1.16. The van der Waals surface area contributed by atoms with Gasteiger partial charge >= 0.3 is 0 Å². The van der Waals surface area contributed by atoms with Crippen LogP contribution < -0.4 is 0 Å². The van der Waals surface area contributed by atoms with Crippen LogP contribution in [0.4, 0.5) is 0 Å². The Morgan fingerprint density at radius 1 is 0.220 bits per heavy atom. The van der Waals surface area contributed by atoms with Gasteiger partial charge in [0, 0.05) is 16.5 Å². The van der Waals surface area contributed by atoms with E-state index in [0.717, 1.165) is 5.69 Å². The molecule has 14 rings (SSSR count). The van der Waals surface area contributed by atoms with Crippen molar-refractivity contribution < 1.29 is 0 Å². The summed E-state index contributed by atoms with van der Waals surface area (Å²) < 4.78 is 2.49.